The number of carbonyl (C=O) groups is 6. The van der Waals surface area contributed by atoms with E-state index >= 15 is 0 Å². The molecule has 0 aromatic carbocycles. The Morgan fingerprint density at radius 2 is 1.02 bits per heavy atom. The lowest BCUT2D eigenvalue weighted by molar-refractivity contribution is -0.357. The van der Waals surface area contributed by atoms with Crippen LogP contribution in [0.1, 0.15) is 62.3 Å². The van der Waals surface area contributed by atoms with Crippen LogP contribution in [0.5, 0.6) is 0 Å². The molecule has 2 heterocycles. The molecule has 2 fully saturated rings. The quantitative estimate of drug-likeness (QED) is 0.170. The standard InChI is InChI=1S/C30H48O17Si/c1-14(31)38-12-20-24(26(42-17(4)34)27(43-18(5)35)29(45-20)44-19(6)36)47-28-25(41-16(3)33)22(37)23(40-15(2)32)21(46-28)13-39-48(10,11)30(7,8)9/h20-29,37H,12-13H2,1-11H3/t20-,21-,22+,23+,24-,25-,26+,27+,28+,29+/m1/s1. The number of esters is 6. The van der Waals surface area contributed by atoms with E-state index in [1.165, 1.54) is 0 Å². The van der Waals surface area contributed by atoms with E-state index in [9.17, 15) is 33.9 Å². The molecule has 274 valence electrons. The van der Waals surface area contributed by atoms with Crippen molar-refractivity contribution in [1.82, 2.24) is 0 Å². The summed E-state index contributed by atoms with van der Waals surface area (Å²) in [6.45, 7) is 15.7. The number of aliphatic hydroxyl groups is 1. The van der Waals surface area contributed by atoms with E-state index in [4.69, 9.17) is 47.1 Å². The summed E-state index contributed by atoms with van der Waals surface area (Å²) < 4.78 is 56.6. The normalized spacial score (nSPS) is 30.8. The van der Waals surface area contributed by atoms with Gasteiger partial charge in [0.2, 0.25) is 12.4 Å². The first-order chi connectivity index (χ1) is 22.0. The molecule has 2 rings (SSSR count). The predicted molar refractivity (Wildman–Crippen MR) is 162 cm³/mol. The monoisotopic (exact) mass is 708 g/mol. The lowest BCUT2D eigenvalue weighted by Crippen LogP contribution is -2.67. The highest BCUT2D eigenvalue weighted by Gasteiger charge is 2.57. The van der Waals surface area contributed by atoms with Crippen LogP contribution < -0.4 is 0 Å². The maximum atomic E-state index is 12.3. The van der Waals surface area contributed by atoms with Gasteiger partial charge in [-0.1, -0.05) is 20.8 Å². The third kappa shape index (κ3) is 11.5. The highest BCUT2D eigenvalue weighted by atomic mass is 28.4. The van der Waals surface area contributed by atoms with Crippen LogP contribution in [0.2, 0.25) is 18.1 Å². The minimum Gasteiger partial charge on any atom is -0.463 e. The van der Waals surface area contributed by atoms with Crippen LogP contribution in [-0.4, -0.2) is 124 Å². The molecule has 0 aromatic rings. The van der Waals surface area contributed by atoms with E-state index in [1.807, 2.05) is 33.9 Å². The summed E-state index contributed by atoms with van der Waals surface area (Å²) in [5, 5.41) is 11.2. The molecule has 2 aliphatic rings. The molecular weight excluding hydrogens is 660 g/mol. The third-order valence-corrected chi connectivity index (χ3v) is 12.4. The van der Waals surface area contributed by atoms with Crippen LogP contribution in [0.3, 0.4) is 0 Å². The first-order valence-corrected chi connectivity index (χ1v) is 18.2. The van der Waals surface area contributed by atoms with Crippen molar-refractivity contribution < 1.29 is 80.9 Å². The van der Waals surface area contributed by atoms with E-state index in [0.717, 1.165) is 41.5 Å². The van der Waals surface area contributed by atoms with Gasteiger partial charge in [-0.25, -0.2) is 0 Å². The maximum absolute atomic E-state index is 12.3. The zero-order chi connectivity index (χ0) is 36.7. The number of hydrogen-bond donors (Lipinski definition) is 1. The van der Waals surface area contributed by atoms with Crippen LogP contribution in [0.4, 0.5) is 0 Å². The van der Waals surface area contributed by atoms with Crippen molar-refractivity contribution in [3.63, 3.8) is 0 Å². The van der Waals surface area contributed by atoms with E-state index in [0.29, 0.717) is 0 Å². The van der Waals surface area contributed by atoms with Gasteiger partial charge in [0.25, 0.3) is 0 Å². The lowest BCUT2D eigenvalue weighted by atomic mass is 9.96. The second kappa shape index (κ2) is 17.0. The van der Waals surface area contributed by atoms with Gasteiger partial charge < -0.3 is 52.2 Å². The van der Waals surface area contributed by atoms with Crippen molar-refractivity contribution in [2.24, 2.45) is 0 Å². The molecule has 1 N–H and O–H groups in total. The summed E-state index contributed by atoms with van der Waals surface area (Å²) in [6, 6.07) is 0. The summed E-state index contributed by atoms with van der Waals surface area (Å²) in [6.07, 6.45) is -15.5. The molecule has 2 aliphatic heterocycles. The van der Waals surface area contributed by atoms with Crippen LogP contribution >= 0.6 is 0 Å². The van der Waals surface area contributed by atoms with Crippen LogP contribution in [0, 0.1) is 0 Å². The highest BCUT2D eigenvalue weighted by Crippen LogP contribution is 2.38. The molecule has 2 saturated heterocycles. The molecule has 48 heavy (non-hydrogen) atoms. The molecular formula is C30H48O17Si. The Morgan fingerprint density at radius 1 is 0.583 bits per heavy atom. The van der Waals surface area contributed by atoms with E-state index in [-0.39, 0.29) is 11.6 Å². The molecule has 0 amide bonds. The minimum absolute atomic E-state index is 0.186. The third-order valence-electron chi connectivity index (χ3n) is 7.86. The molecule has 0 aromatic heterocycles. The van der Waals surface area contributed by atoms with Crippen molar-refractivity contribution in [2.75, 3.05) is 13.2 Å². The summed E-state index contributed by atoms with van der Waals surface area (Å²) in [7, 11) is -2.44. The number of ether oxygens (including phenoxy) is 9. The molecule has 0 bridgehead atoms. The Labute approximate surface area is 280 Å². The molecule has 0 spiro atoms. The summed E-state index contributed by atoms with van der Waals surface area (Å²) in [4.78, 5) is 72.5. The zero-order valence-electron chi connectivity index (χ0n) is 29.2. The van der Waals surface area contributed by atoms with Crippen molar-refractivity contribution in [3.05, 3.63) is 0 Å². The second-order valence-electron chi connectivity index (χ2n) is 13.0. The van der Waals surface area contributed by atoms with Gasteiger partial charge in [-0.15, -0.1) is 0 Å². The largest absolute Gasteiger partial charge is 0.463 e. The van der Waals surface area contributed by atoms with Gasteiger partial charge in [0.15, 0.2) is 32.9 Å². The molecule has 0 radical (unpaired) electrons. The Hall–Kier alpha value is -3.16. The Morgan fingerprint density at radius 3 is 1.50 bits per heavy atom. The van der Waals surface area contributed by atoms with Gasteiger partial charge in [0.05, 0.1) is 6.61 Å². The number of hydrogen-bond acceptors (Lipinski definition) is 17. The van der Waals surface area contributed by atoms with E-state index < -0.39 is 112 Å². The Kier molecular flexibility index (Phi) is 14.5. The highest BCUT2D eigenvalue weighted by molar-refractivity contribution is 6.74. The molecule has 10 atom stereocenters. The van der Waals surface area contributed by atoms with E-state index in [1.54, 1.807) is 0 Å². The smallest absolute Gasteiger partial charge is 0.305 e. The topological polar surface area (TPSA) is 215 Å². The first kappa shape index (κ1) is 41.0. The van der Waals surface area contributed by atoms with Crippen LogP contribution in [0.15, 0.2) is 0 Å². The Balaban J connectivity index is 2.66. The van der Waals surface area contributed by atoms with Gasteiger partial charge >= 0.3 is 35.8 Å². The lowest BCUT2D eigenvalue weighted by Gasteiger charge is -2.48. The van der Waals surface area contributed by atoms with Crippen LogP contribution in [-0.2, 0) is 75.8 Å². The second-order valence-corrected chi connectivity index (χ2v) is 17.8. The molecule has 18 heteroatoms. The van der Waals surface area contributed by atoms with Crippen molar-refractivity contribution in [1.29, 1.82) is 0 Å². The molecule has 17 nitrogen and oxygen atoms in total. The average Bonchev–Trinajstić information content (AvgIpc) is 2.91. The van der Waals surface area contributed by atoms with Gasteiger partial charge in [-0.05, 0) is 18.1 Å². The van der Waals surface area contributed by atoms with Crippen molar-refractivity contribution >= 4 is 44.1 Å². The van der Waals surface area contributed by atoms with Crippen molar-refractivity contribution in [2.45, 2.75) is 142 Å². The number of carbonyl (C=O) groups excluding carboxylic acids is 6. The molecule has 0 unspecified atom stereocenters. The molecule has 0 saturated carbocycles. The van der Waals surface area contributed by atoms with Crippen molar-refractivity contribution in [3.8, 4) is 0 Å². The van der Waals surface area contributed by atoms with E-state index in [2.05, 4.69) is 0 Å². The maximum Gasteiger partial charge on any atom is 0.305 e. The fraction of sp³-hybridized carbons (Fsp3) is 0.800. The molecule has 0 aliphatic carbocycles. The fourth-order valence-electron chi connectivity index (χ4n) is 4.73. The SMILES string of the molecule is CC(=O)OC[C@H]1O[C@H](OC(C)=O)[C@@H](OC(C)=O)[C@@H](OC(C)=O)[C@@H]1O[C@@H]1O[C@H](CO[Si](C)(C)C(C)(C)C)[C@H](OC(C)=O)[C@H](O)[C@H]1OC(C)=O. The summed E-state index contributed by atoms with van der Waals surface area (Å²) in [5.41, 5.74) is 0. The zero-order valence-corrected chi connectivity index (χ0v) is 30.2. The number of rotatable bonds is 12. The van der Waals surface area contributed by atoms with Gasteiger partial charge in [-0.2, -0.15) is 0 Å². The predicted octanol–water partition coefficient (Wildman–Crippen LogP) is 1.06. The Bertz CT molecular complexity index is 1180. The van der Waals surface area contributed by atoms with Gasteiger partial charge in [-0.3, -0.25) is 28.8 Å². The average molecular weight is 709 g/mol. The first-order valence-electron chi connectivity index (χ1n) is 15.3. The minimum atomic E-state index is -2.44. The number of aliphatic hydroxyl groups excluding tert-OH is 1. The summed E-state index contributed by atoms with van der Waals surface area (Å²) >= 11 is 0. The van der Waals surface area contributed by atoms with Gasteiger partial charge in [0.1, 0.15) is 31.0 Å². The summed E-state index contributed by atoms with van der Waals surface area (Å²) in [5.74, 6) is -4.96. The van der Waals surface area contributed by atoms with Crippen LogP contribution in [0.25, 0.3) is 0 Å². The van der Waals surface area contributed by atoms with Gasteiger partial charge in [0, 0.05) is 41.5 Å². The fourth-order valence-corrected chi connectivity index (χ4v) is 5.75.